The third-order valence-corrected chi connectivity index (χ3v) is 6.97. The molecular weight excluding hydrogens is 567 g/mol. The number of hydrogen-bond donors (Lipinski definition) is 0. The van der Waals surface area contributed by atoms with Gasteiger partial charge in [-0.2, -0.15) is 4.99 Å². The minimum absolute atomic E-state index is 0.0489. The fourth-order valence-electron chi connectivity index (χ4n) is 4.24. The standard InChI is InChI=1S/C28H22F3N5O3S.C2H6/c1-17-4-3-5-18(2)25(17)36-24(38)15-40-27(36)33-23(37)14-19-6-8-20(9-7-19)26-32-16-35(34-26)21-10-12-22(13-11-21)39-28(29,30)31;1-2/h3-13,16H,14-15H2,1-2H3;1-2H3. The number of hydrogen-bond acceptors (Lipinski definition) is 6. The van der Waals surface area contributed by atoms with Crippen molar-refractivity contribution in [1.29, 1.82) is 0 Å². The van der Waals surface area contributed by atoms with Crippen LogP contribution in [0.25, 0.3) is 17.1 Å². The summed E-state index contributed by atoms with van der Waals surface area (Å²) in [6, 6.07) is 18.1. The number of thioether (sulfide) groups is 1. The normalized spacial score (nSPS) is 14.1. The highest BCUT2D eigenvalue weighted by atomic mass is 32.2. The van der Waals surface area contributed by atoms with Crippen molar-refractivity contribution in [1.82, 2.24) is 14.8 Å². The number of aromatic nitrogens is 3. The van der Waals surface area contributed by atoms with Crippen LogP contribution in [0, 0.1) is 13.8 Å². The maximum absolute atomic E-state index is 12.8. The Balaban J connectivity index is 0.00000198. The fraction of sp³-hybridized carbons (Fsp3) is 0.233. The Hall–Kier alpha value is -4.45. The van der Waals surface area contributed by atoms with Crippen molar-refractivity contribution in [2.45, 2.75) is 40.5 Å². The monoisotopic (exact) mass is 595 g/mol. The maximum Gasteiger partial charge on any atom is 0.573 e. The van der Waals surface area contributed by atoms with Gasteiger partial charge in [0.2, 0.25) is 5.91 Å². The number of alkyl halides is 3. The van der Waals surface area contributed by atoms with Crippen molar-refractivity contribution in [3.05, 3.63) is 89.7 Å². The Morgan fingerprint density at radius 2 is 1.64 bits per heavy atom. The van der Waals surface area contributed by atoms with E-state index in [9.17, 15) is 22.8 Å². The summed E-state index contributed by atoms with van der Waals surface area (Å²) in [5.74, 6) is -0.195. The van der Waals surface area contributed by atoms with Gasteiger partial charge in [-0.15, -0.1) is 18.3 Å². The molecule has 0 bridgehead atoms. The van der Waals surface area contributed by atoms with Gasteiger partial charge >= 0.3 is 6.36 Å². The number of carbonyl (C=O) groups excluding carboxylic acids is 2. The van der Waals surface area contributed by atoms with Crippen molar-refractivity contribution >= 4 is 34.4 Å². The van der Waals surface area contributed by atoms with E-state index in [1.54, 1.807) is 24.3 Å². The molecule has 8 nitrogen and oxygen atoms in total. The lowest BCUT2D eigenvalue weighted by Gasteiger charge is -2.20. The third-order valence-electron chi connectivity index (χ3n) is 6.04. The molecule has 0 unspecified atom stereocenters. The number of benzene rings is 3. The van der Waals surface area contributed by atoms with E-state index in [1.807, 2.05) is 45.9 Å². The average Bonchev–Trinajstić information content (AvgIpc) is 3.58. The van der Waals surface area contributed by atoms with Crippen LogP contribution in [0.1, 0.15) is 30.5 Å². The van der Waals surface area contributed by atoms with Crippen LogP contribution in [-0.4, -0.2) is 43.9 Å². The van der Waals surface area contributed by atoms with Crippen molar-refractivity contribution < 1.29 is 27.5 Å². The van der Waals surface area contributed by atoms with E-state index >= 15 is 0 Å². The summed E-state index contributed by atoms with van der Waals surface area (Å²) in [7, 11) is 0. The van der Waals surface area contributed by atoms with Gasteiger partial charge < -0.3 is 4.74 Å². The molecular formula is C30H28F3N5O3S. The predicted octanol–water partition coefficient (Wildman–Crippen LogP) is 6.68. The second-order valence-electron chi connectivity index (χ2n) is 8.97. The Morgan fingerprint density at radius 3 is 2.26 bits per heavy atom. The second kappa shape index (κ2) is 13.0. The van der Waals surface area contributed by atoms with E-state index in [-0.39, 0.29) is 29.7 Å². The van der Waals surface area contributed by atoms with Crippen LogP contribution in [0.15, 0.2) is 78.0 Å². The van der Waals surface area contributed by atoms with Crippen molar-refractivity contribution in [2.24, 2.45) is 4.99 Å². The SMILES string of the molecule is CC.Cc1cccc(C)c1N1C(=O)CSC1=NC(=O)Cc1ccc(-c2ncn(-c3ccc(OC(F)(F)F)cc3)n2)cc1. The highest BCUT2D eigenvalue weighted by molar-refractivity contribution is 8.15. The molecule has 1 aliphatic heterocycles. The molecule has 3 aromatic carbocycles. The minimum Gasteiger partial charge on any atom is -0.406 e. The van der Waals surface area contributed by atoms with Crippen LogP contribution in [0.5, 0.6) is 5.75 Å². The van der Waals surface area contributed by atoms with Gasteiger partial charge in [-0.1, -0.05) is 68.1 Å². The first kappa shape index (κ1) is 30.5. The summed E-state index contributed by atoms with van der Waals surface area (Å²) in [5.41, 5.74) is 4.53. The first-order valence-corrected chi connectivity index (χ1v) is 14.1. The van der Waals surface area contributed by atoms with E-state index < -0.39 is 6.36 Å². The second-order valence-corrected chi connectivity index (χ2v) is 9.92. The largest absolute Gasteiger partial charge is 0.573 e. The first-order valence-electron chi connectivity index (χ1n) is 13.1. The van der Waals surface area contributed by atoms with Crippen LogP contribution in [0.2, 0.25) is 0 Å². The van der Waals surface area contributed by atoms with E-state index in [0.29, 0.717) is 22.2 Å². The molecule has 1 aromatic heterocycles. The van der Waals surface area contributed by atoms with E-state index in [1.165, 1.54) is 51.9 Å². The molecule has 5 rings (SSSR count). The molecule has 2 heterocycles. The molecule has 1 aliphatic rings. The van der Waals surface area contributed by atoms with Crippen LogP contribution in [-0.2, 0) is 16.0 Å². The average molecular weight is 596 g/mol. The first-order chi connectivity index (χ1) is 20.1. The van der Waals surface area contributed by atoms with Crippen molar-refractivity contribution in [3.8, 4) is 22.8 Å². The molecule has 12 heteroatoms. The molecule has 218 valence electrons. The zero-order valence-electron chi connectivity index (χ0n) is 23.3. The zero-order valence-corrected chi connectivity index (χ0v) is 24.2. The molecule has 42 heavy (non-hydrogen) atoms. The summed E-state index contributed by atoms with van der Waals surface area (Å²) in [5, 5.41) is 4.76. The Kier molecular flexibility index (Phi) is 9.46. The number of amidine groups is 1. The lowest BCUT2D eigenvalue weighted by atomic mass is 10.1. The van der Waals surface area contributed by atoms with Gasteiger partial charge in [-0.05, 0) is 54.8 Å². The molecule has 0 N–H and O–H groups in total. The van der Waals surface area contributed by atoms with Gasteiger partial charge in [0.15, 0.2) is 11.0 Å². The number of aliphatic imine (C=N–C) groups is 1. The molecule has 4 aromatic rings. The number of ether oxygens (including phenoxy) is 1. The van der Waals surface area contributed by atoms with Gasteiger partial charge in [0.1, 0.15) is 12.1 Å². The summed E-state index contributed by atoms with van der Waals surface area (Å²) in [6.45, 7) is 7.83. The van der Waals surface area contributed by atoms with E-state index in [0.717, 1.165) is 22.4 Å². The Labute approximate surface area is 245 Å². The molecule has 0 saturated carbocycles. The molecule has 0 spiro atoms. The number of aryl methyl sites for hydroxylation is 2. The number of para-hydroxylation sites is 1. The third kappa shape index (κ3) is 7.24. The number of anilines is 1. The number of amides is 2. The Morgan fingerprint density at radius 1 is 1.00 bits per heavy atom. The highest BCUT2D eigenvalue weighted by Crippen LogP contribution is 2.32. The topological polar surface area (TPSA) is 89.7 Å². The van der Waals surface area contributed by atoms with Crippen molar-refractivity contribution in [3.63, 3.8) is 0 Å². The fourth-order valence-corrected chi connectivity index (χ4v) is 5.11. The molecule has 1 saturated heterocycles. The number of rotatable bonds is 6. The van der Waals surface area contributed by atoms with Crippen LogP contribution < -0.4 is 9.64 Å². The predicted molar refractivity (Wildman–Crippen MR) is 157 cm³/mol. The van der Waals surface area contributed by atoms with Crippen LogP contribution >= 0.6 is 11.8 Å². The van der Waals surface area contributed by atoms with Crippen LogP contribution in [0.4, 0.5) is 18.9 Å². The number of carbonyl (C=O) groups is 2. The molecule has 0 radical (unpaired) electrons. The van der Waals surface area contributed by atoms with Gasteiger partial charge in [0.05, 0.1) is 23.5 Å². The lowest BCUT2D eigenvalue weighted by Crippen LogP contribution is -2.31. The molecule has 2 amide bonds. The summed E-state index contributed by atoms with van der Waals surface area (Å²) in [6.07, 6.45) is -3.26. The van der Waals surface area contributed by atoms with Gasteiger partial charge in [0, 0.05) is 5.56 Å². The van der Waals surface area contributed by atoms with E-state index in [2.05, 4.69) is 19.8 Å². The Bertz CT molecular complexity index is 1580. The maximum atomic E-state index is 12.8. The minimum atomic E-state index is -4.76. The number of nitrogens with zero attached hydrogens (tertiary/aromatic N) is 5. The lowest BCUT2D eigenvalue weighted by molar-refractivity contribution is -0.274. The molecule has 1 fully saturated rings. The summed E-state index contributed by atoms with van der Waals surface area (Å²) >= 11 is 1.24. The highest BCUT2D eigenvalue weighted by Gasteiger charge is 2.32. The summed E-state index contributed by atoms with van der Waals surface area (Å²) < 4.78 is 42.4. The van der Waals surface area contributed by atoms with Gasteiger partial charge in [0.25, 0.3) is 5.91 Å². The number of halogens is 3. The zero-order chi connectivity index (χ0) is 30.4. The summed E-state index contributed by atoms with van der Waals surface area (Å²) in [4.78, 5) is 35.5. The molecule has 0 aliphatic carbocycles. The van der Waals surface area contributed by atoms with E-state index in [4.69, 9.17) is 0 Å². The van der Waals surface area contributed by atoms with Crippen LogP contribution in [0.3, 0.4) is 0 Å². The smallest absolute Gasteiger partial charge is 0.406 e. The van der Waals surface area contributed by atoms with Gasteiger partial charge in [-0.3, -0.25) is 14.5 Å². The quantitative estimate of drug-likeness (QED) is 0.247. The molecule has 0 atom stereocenters. The van der Waals surface area contributed by atoms with Gasteiger partial charge in [-0.25, -0.2) is 9.67 Å². The van der Waals surface area contributed by atoms with Crippen molar-refractivity contribution in [2.75, 3.05) is 10.7 Å².